The molecule has 0 amide bonds. The molecule has 1 atom stereocenters. The zero-order chi connectivity index (χ0) is 17.2. The maximum absolute atomic E-state index is 14.8. The second kappa shape index (κ2) is 5.70. The van der Waals surface area contributed by atoms with Crippen LogP contribution in [-0.4, -0.2) is 52.0 Å². The van der Waals surface area contributed by atoms with Gasteiger partial charge in [0, 0.05) is 25.2 Å². The Morgan fingerprint density at radius 3 is 2.92 bits per heavy atom. The first-order valence-electron chi connectivity index (χ1n) is 7.58. The Bertz CT molecular complexity index is 919. The van der Waals surface area contributed by atoms with Gasteiger partial charge in [-0.05, 0) is 14.0 Å². The van der Waals surface area contributed by atoms with E-state index in [0.717, 1.165) is 13.1 Å². The molecule has 0 aliphatic carbocycles. The van der Waals surface area contributed by atoms with Gasteiger partial charge in [0.1, 0.15) is 12.4 Å². The Kier molecular flexibility index (Phi) is 3.88. The van der Waals surface area contributed by atoms with Crippen LogP contribution in [0.25, 0.3) is 10.9 Å². The Labute approximate surface area is 156 Å². The van der Waals surface area contributed by atoms with Gasteiger partial charge in [-0.1, -0.05) is 11.6 Å². The summed E-state index contributed by atoms with van der Waals surface area (Å²) < 4.78 is 22.0. The molecule has 1 saturated heterocycles. The molecule has 1 aromatic heterocycles. The summed E-state index contributed by atoms with van der Waals surface area (Å²) in [5.74, 6) is 0.116. The summed E-state index contributed by atoms with van der Waals surface area (Å²) in [5, 5.41) is 0.696. The molecule has 2 aliphatic rings. The summed E-state index contributed by atoms with van der Waals surface area (Å²) in [6.45, 7) is 4.22. The average molecular weight is 465 g/mol. The van der Waals surface area contributed by atoms with Crippen LogP contribution in [0.1, 0.15) is 5.56 Å². The average Bonchev–Trinajstić information content (AvgIpc) is 2.70. The summed E-state index contributed by atoms with van der Waals surface area (Å²) in [6, 6.07) is 0.00907. The van der Waals surface area contributed by atoms with Gasteiger partial charge in [-0.15, -0.1) is 0 Å². The maximum atomic E-state index is 14.8. The first-order chi connectivity index (χ1) is 11.4. The highest BCUT2D eigenvalue weighted by atomic mass is 127. The lowest BCUT2D eigenvalue weighted by molar-refractivity contribution is 0.204. The van der Waals surface area contributed by atoms with Crippen molar-refractivity contribution in [3.05, 3.63) is 26.9 Å². The first-order valence-corrected chi connectivity index (χ1v) is 8.93. The third kappa shape index (κ3) is 2.22. The zero-order valence-electron chi connectivity index (χ0n) is 13.1. The van der Waals surface area contributed by atoms with Crippen molar-refractivity contribution in [1.29, 1.82) is 0 Å². The van der Waals surface area contributed by atoms with E-state index in [9.17, 15) is 9.18 Å². The SMILES string of the molecule is Cc1c(F)c2c3c(nc(=O)n(I)c3c1Cl)N1CCN(C)CC1CO2. The van der Waals surface area contributed by atoms with E-state index >= 15 is 0 Å². The van der Waals surface area contributed by atoms with Gasteiger partial charge < -0.3 is 14.5 Å². The molecule has 0 radical (unpaired) electrons. The number of aromatic nitrogens is 2. The summed E-state index contributed by atoms with van der Waals surface area (Å²) >= 11 is 8.22. The predicted octanol–water partition coefficient (Wildman–Crippen LogP) is 2.21. The molecule has 4 rings (SSSR count). The third-order valence-corrected chi connectivity index (χ3v) is 6.05. The number of hydrogen-bond donors (Lipinski definition) is 0. The van der Waals surface area contributed by atoms with Crippen molar-refractivity contribution < 1.29 is 9.13 Å². The van der Waals surface area contributed by atoms with Crippen LogP contribution in [0, 0.1) is 12.7 Å². The molecule has 1 unspecified atom stereocenters. The number of halogens is 3. The predicted molar refractivity (Wildman–Crippen MR) is 99.3 cm³/mol. The standard InChI is InChI=1S/C15H15ClFIN4O2/c1-7-10(16)12-9-13(11(7)17)24-6-8-5-20(2)3-4-21(8)14(9)19-15(23)22(12)18/h8H,3-6H2,1-2H3. The van der Waals surface area contributed by atoms with Crippen molar-refractivity contribution in [1.82, 2.24) is 12.7 Å². The normalized spacial score (nSPS) is 20.7. The summed E-state index contributed by atoms with van der Waals surface area (Å²) in [7, 11) is 2.03. The highest BCUT2D eigenvalue weighted by Crippen LogP contribution is 2.43. The van der Waals surface area contributed by atoms with E-state index < -0.39 is 11.5 Å². The van der Waals surface area contributed by atoms with E-state index in [4.69, 9.17) is 16.3 Å². The first kappa shape index (κ1) is 16.3. The molecule has 24 heavy (non-hydrogen) atoms. The van der Waals surface area contributed by atoms with Crippen LogP contribution in [0.15, 0.2) is 4.79 Å². The molecule has 1 fully saturated rings. The zero-order valence-corrected chi connectivity index (χ0v) is 16.1. The minimum Gasteiger partial charge on any atom is -0.487 e. The van der Waals surface area contributed by atoms with Crippen molar-refractivity contribution in [2.45, 2.75) is 13.0 Å². The lowest BCUT2D eigenvalue weighted by Crippen LogP contribution is -2.54. The number of hydrogen-bond acceptors (Lipinski definition) is 5. The minimum atomic E-state index is -0.487. The van der Waals surface area contributed by atoms with Gasteiger partial charge in [0.2, 0.25) is 0 Å². The van der Waals surface area contributed by atoms with Crippen LogP contribution in [0.2, 0.25) is 5.02 Å². The highest BCUT2D eigenvalue weighted by Gasteiger charge is 2.35. The maximum Gasteiger partial charge on any atom is 0.359 e. The number of rotatable bonds is 0. The van der Waals surface area contributed by atoms with Crippen molar-refractivity contribution in [3.8, 4) is 5.75 Å². The monoisotopic (exact) mass is 464 g/mol. The van der Waals surface area contributed by atoms with Crippen molar-refractivity contribution in [2.24, 2.45) is 0 Å². The van der Waals surface area contributed by atoms with Crippen LogP contribution < -0.4 is 15.3 Å². The second-order valence-corrected chi connectivity index (χ2v) is 7.57. The van der Waals surface area contributed by atoms with Crippen LogP contribution in [0.4, 0.5) is 10.2 Å². The Morgan fingerprint density at radius 1 is 1.42 bits per heavy atom. The Morgan fingerprint density at radius 2 is 2.17 bits per heavy atom. The lowest BCUT2D eigenvalue weighted by atomic mass is 10.1. The van der Waals surface area contributed by atoms with Gasteiger partial charge in [0.25, 0.3) is 0 Å². The van der Waals surface area contributed by atoms with Crippen molar-refractivity contribution in [3.63, 3.8) is 0 Å². The van der Waals surface area contributed by atoms with Crippen LogP contribution in [-0.2, 0) is 0 Å². The molecule has 0 saturated carbocycles. The second-order valence-electron chi connectivity index (χ2n) is 6.22. The summed E-state index contributed by atoms with van der Waals surface area (Å²) in [4.78, 5) is 20.8. The molecular formula is C15H15ClFIN4O2. The van der Waals surface area contributed by atoms with E-state index in [0.29, 0.717) is 29.9 Å². The number of piperazine rings is 1. The van der Waals surface area contributed by atoms with Crippen molar-refractivity contribution >= 4 is 51.2 Å². The van der Waals surface area contributed by atoms with E-state index in [1.165, 1.54) is 2.78 Å². The third-order valence-electron chi connectivity index (χ3n) is 4.70. The fourth-order valence-corrected chi connectivity index (χ4v) is 4.40. The number of ether oxygens (including phenoxy) is 1. The highest BCUT2D eigenvalue weighted by molar-refractivity contribution is 14.1. The number of likely N-dealkylation sites (N-methyl/N-ethyl adjacent to an activating group) is 1. The van der Waals surface area contributed by atoms with Gasteiger partial charge in [-0.2, -0.15) is 4.98 Å². The van der Waals surface area contributed by atoms with Crippen LogP contribution >= 0.6 is 34.5 Å². The summed E-state index contributed by atoms with van der Waals surface area (Å²) in [5.41, 5.74) is 0.315. The number of benzene rings is 1. The molecule has 2 aliphatic heterocycles. The Balaban J connectivity index is 2.11. The van der Waals surface area contributed by atoms with Gasteiger partial charge in [-0.3, -0.25) is 0 Å². The molecule has 0 bridgehead atoms. The molecule has 9 heteroatoms. The molecule has 6 nitrogen and oxygen atoms in total. The fraction of sp³-hybridized carbons (Fsp3) is 0.467. The van der Waals surface area contributed by atoms with E-state index in [-0.39, 0.29) is 22.4 Å². The molecule has 128 valence electrons. The smallest absolute Gasteiger partial charge is 0.359 e. The van der Waals surface area contributed by atoms with Crippen molar-refractivity contribution in [2.75, 3.05) is 38.2 Å². The number of nitrogens with zero attached hydrogens (tertiary/aromatic N) is 4. The van der Waals surface area contributed by atoms with Gasteiger partial charge in [-0.25, -0.2) is 12.0 Å². The molecule has 2 aromatic rings. The molecule has 3 heterocycles. The summed E-state index contributed by atoms with van der Waals surface area (Å²) in [6.07, 6.45) is 0. The molecular weight excluding hydrogens is 450 g/mol. The largest absolute Gasteiger partial charge is 0.487 e. The fourth-order valence-electron chi connectivity index (χ4n) is 3.40. The van der Waals surface area contributed by atoms with Crippen LogP contribution in [0.3, 0.4) is 0 Å². The molecule has 0 N–H and O–H groups in total. The number of anilines is 1. The topological polar surface area (TPSA) is 50.6 Å². The van der Waals surface area contributed by atoms with Crippen LogP contribution in [0.5, 0.6) is 5.75 Å². The van der Waals surface area contributed by atoms with E-state index in [1.807, 2.05) is 34.8 Å². The minimum absolute atomic E-state index is 0.00907. The molecule has 1 aromatic carbocycles. The number of fused-ring (bicyclic) bond motifs is 2. The molecule has 0 spiro atoms. The van der Waals surface area contributed by atoms with Gasteiger partial charge >= 0.3 is 5.69 Å². The van der Waals surface area contributed by atoms with Gasteiger partial charge in [0.15, 0.2) is 11.6 Å². The van der Waals surface area contributed by atoms with E-state index in [1.54, 1.807) is 6.92 Å². The Hall–Kier alpha value is -1.13. The van der Waals surface area contributed by atoms with Gasteiger partial charge in [0.05, 0.1) is 44.8 Å². The van der Waals surface area contributed by atoms with E-state index in [2.05, 4.69) is 9.88 Å². The lowest BCUT2D eigenvalue weighted by Gasteiger charge is -2.39. The quantitative estimate of drug-likeness (QED) is 0.560.